The summed E-state index contributed by atoms with van der Waals surface area (Å²) in [4.78, 5) is 19.1. The molecule has 5 heteroatoms. The van der Waals surface area contributed by atoms with Gasteiger partial charge in [0, 0.05) is 44.1 Å². The molecule has 1 N–H and O–H groups in total. The third-order valence-corrected chi connectivity index (χ3v) is 5.76. The van der Waals surface area contributed by atoms with Crippen molar-refractivity contribution >= 4 is 5.91 Å². The normalized spacial score (nSPS) is 17.0. The molecule has 3 aromatic rings. The van der Waals surface area contributed by atoms with Crippen molar-refractivity contribution in [3.8, 4) is 0 Å². The molecular formula is C25H30N4O. The molecule has 1 aromatic heterocycles. The van der Waals surface area contributed by atoms with Crippen molar-refractivity contribution < 1.29 is 4.79 Å². The molecule has 30 heavy (non-hydrogen) atoms. The van der Waals surface area contributed by atoms with Gasteiger partial charge < -0.3 is 9.88 Å². The molecule has 0 aliphatic carbocycles. The van der Waals surface area contributed by atoms with Crippen molar-refractivity contribution in [3.05, 3.63) is 89.5 Å². The molecule has 1 amide bonds. The molecular weight excluding hydrogens is 372 g/mol. The first-order valence-corrected chi connectivity index (χ1v) is 10.8. The van der Waals surface area contributed by atoms with E-state index in [9.17, 15) is 4.79 Å². The predicted molar refractivity (Wildman–Crippen MR) is 119 cm³/mol. The Morgan fingerprint density at radius 2 is 1.73 bits per heavy atom. The Hall–Kier alpha value is -2.92. The summed E-state index contributed by atoms with van der Waals surface area (Å²) in [5.41, 5.74) is 4.28. The molecule has 1 aliphatic heterocycles. The fourth-order valence-corrected chi connectivity index (χ4v) is 4.09. The van der Waals surface area contributed by atoms with Gasteiger partial charge in [0.2, 0.25) is 0 Å². The number of carbonyl (C=O) groups is 1. The summed E-state index contributed by atoms with van der Waals surface area (Å²) in [7, 11) is 0. The van der Waals surface area contributed by atoms with Crippen molar-refractivity contribution in [1.82, 2.24) is 19.8 Å². The van der Waals surface area contributed by atoms with Crippen LogP contribution in [-0.2, 0) is 19.6 Å². The lowest BCUT2D eigenvalue weighted by atomic mass is 9.99. The number of rotatable bonds is 7. The van der Waals surface area contributed by atoms with Crippen LogP contribution in [0.25, 0.3) is 0 Å². The van der Waals surface area contributed by atoms with Crippen LogP contribution in [0.15, 0.2) is 67.3 Å². The average Bonchev–Trinajstić information content (AvgIpc) is 3.27. The van der Waals surface area contributed by atoms with Crippen LogP contribution in [-0.4, -0.2) is 33.4 Å². The summed E-state index contributed by atoms with van der Waals surface area (Å²) < 4.78 is 2.03. The Kier molecular flexibility index (Phi) is 6.60. The Bertz CT molecular complexity index is 932. The maximum absolute atomic E-state index is 12.5. The lowest BCUT2D eigenvalue weighted by Crippen LogP contribution is -2.33. The molecule has 1 aliphatic rings. The van der Waals surface area contributed by atoms with Crippen molar-refractivity contribution in [1.29, 1.82) is 0 Å². The first-order valence-electron chi connectivity index (χ1n) is 10.8. The van der Waals surface area contributed by atoms with Gasteiger partial charge in [-0.05, 0) is 54.1 Å². The van der Waals surface area contributed by atoms with Gasteiger partial charge in [-0.25, -0.2) is 4.98 Å². The van der Waals surface area contributed by atoms with Crippen LogP contribution in [0.2, 0.25) is 0 Å². The van der Waals surface area contributed by atoms with Gasteiger partial charge in [0.1, 0.15) is 0 Å². The van der Waals surface area contributed by atoms with Crippen LogP contribution in [0, 0.1) is 5.92 Å². The largest absolute Gasteiger partial charge is 0.348 e. The second-order valence-corrected chi connectivity index (χ2v) is 8.41. The van der Waals surface area contributed by atoms with E-state index in [2.05, 4.69) is 58.5 Å². The standard InChI is InChI=1S/C25H30N4O/c1-20-3-2-13-28(16-20)17-23-8-10-24(11-9-23)25(30)27-15-21-4-6-22(7-5-21)18-29-14-12-26-19-29/h4-12,14,19-20H,2-3,13,15-18H2,1H3,(H,27,30). The van der Waals surface area contributed by atoms with E-state index in [-0.39, 0.29) is 5.91 Å². The van der Waals surface area contributed by atoms with E-state index >= 15 is 0 Å². The molecule has 1 saturated heterocycles. The highest BCUT2D eigenvalue weighted by Gasteiger charge is 2.16. The van der Waals surface area contributed by atoms with Crippen LogP contribution in [0.3, 0.4) is 0 Å². The third kappa shape index (κ3) is 5.57. The highest BCUT2D eigenvalue weighted by atomic mass is 16.1. The van der Waals surface area contributed by atoms with Crippen LogP contribution in [0.4, 0.5) is 0 Å². The molecule has 2 aromatic carbocycles. The fourth-order valence-electron chi connectivity index (χ4n) is 4.09. The Morgan fingerprint density at radius 1 is 1.03 bits per heavy atom. The number of piperidine rings is 1. The first kappa shape index (κ1) is 20.4. The number of amides is 1. The van der Waals surface area contributed by atoms with Crippen LogP contribution >= 0.6 is 0 Å². The fraction of sp³-hybridized carbons (Fsp3) is 0.360. The number of nitrogens with zero attached hydrogens (tertiary/aromatic N) is 3. The summed E-state index contributed by atoms with van der Waals surface area (Å²) in [5, 5.41) is 3.02. The summed E-state index contributed by atoms with van der Waals surface area (Å²) in [5.74, 6) is 0.749. The quantitative estimate of drug-likeness (QED) is 0.647. The minimum absolute atomic E-state index is 0.0318. The Balaban J connectivity index is 1.26. The zero-order valence-electron chi connectivity index (χ0n) is 17.6. The second-order valence-electron chi connectivity index (χ2n) is 8.41. The van der Waals surface area contributed by atoms with Gasteiger partial charge in [-0.1, -0.05) is 43.3 Å². The molecule has 1 atom stereocenters. The third-order valence-electron chi connectivity index (χ3n) is 5.76. The lowest BCUT2D eigenvalue weighted by Gasteiger charge is -2.30. The number of nitrogens with one attached hydrogen (secondary N) is 1. The minimum Gasteiger partial charge on any atom is -0.348 e. The van der Waals surface area contributed by atoms with Gasteiger partial charge in [-0.15, -0.1) is 0 Å². The number of imidazole rings is 1. The van der Waals surface area contributed by atoms with Crippen molar-refractivity contribution in [2.45, 2.75) is 39.4 Å². The molecule has 0 radical (unpaired) electrons. The second kappa shape index (κ2) is 9.72. The van der Waals surface area contributed by atoms with Gasteiger partial charge in [0.05, 0.1) is 6.33 Å². The number of benzene rings is 2. The van der Waals surface area contributed by atoms with Gasteiger partial charge >= 0.3 is 0 Å². The van der Waals surface area contributed by atoms with E-state index in [1.807, 2.05) is 29.2 Å². The van der Waals surface area contributed by atoms with Crippen LogP contribution < -0.4 is 5.32 Å². The predicted octanol–water partition coefficient (Wildman–Crippen LogP) is 4.09. The molecule has 5 nitrogen and oxygen atoms in total. The van der Waals surface area contributed by atoms with Gasteiger partial charge in [-0.3, -0.25) is 9.69 Å². The number of hydrogen-bond acceptors (Lipinski definition) is 3. The van der Waals surface area contributed by atoms with E-state index < -0.39 is 0 Å². The van der Waals surface area contributed by atoms with Gasteiger partial charge in [-0.2, -0.15) is 0 Å². The molecule has 0 spiro atoms. The maximum atomic E-state index is 12.5. The zero-order chi connectivity index (χ0) is 20.8. The van der Waals surface area contributed by atoms with E-state index in [1.165, 1.54) is 37.1 Å². The highest BCUT2D eigenvalue weighted by Crippen LogP contribution is 2.18. The SMILES string of the molecule is CC1CCCN(Cc2ccc(C(=O)NCc3ccc(Cn4ccnc4)cc3)cc2)C1. The molecule has 1 unspecified atom stereocenters. The van der Waals surface area contributed by atoms with E-state index in [0.29, 0.717) is 12.1 Å². The average molecular weight is 403 g/mol. The van der Waals surface area contributed by atoms with Crippen LogP contribution in [0.5, 0.6) is 0 Å². The molecule has 0 bridgehead atoms. The van der Waals surface area contributed by atoms with Crippen molar-refractivity contribution in [2.75, 3.05) is 13.1 Å². The number of carbonyl (C=O) groups excluding carboxylic acids is 1. The van der Waals surface area contributed by atoms with E-state index in [4.69, 9.17) is 0 Å². The molecule has 0 saturated carbocycles. The number of likely N-dealkylation sites (tertiary alicyclic amines) is 1. The molecule has 156 valence electrons. The van der Waals surface area contributed by atoms with Crippen molar-refractivity contribution in [2.24, 2.45) is 5.92 Å². The topological polar surface area (TPSA) is 50.2 Å². The van der Waals surface area contributed by atoms with Gasteiger partial charge in [0.25, 0.3) is 5.91 Å². The zero-order valence-corrected chi connectivity index (χ0v) is 17.6. The smallest absolute Gasteiger partial charge is 0.251 e. The lowest BCUT2D eigenvalue weighted by molar-refractivity contribution is 0.0951. The van der Waals surface area contributed by atoms with E-state index in [0.717, 1.165) is 24.6 Å². The number of aromatic nitrogens is 2. The van der Waals surface area contributed by atoms with Gasteiger partial charge in [0.15, 0.2) is 0 Å². The summed E-state index contributed by atoms with van der Waals surface area (Å²) in [6.07, 6.45) is 8.17. The molecule has 1 fully saturated rings. The van der Waals surface area contributed by atoms with Crippen molar-refractivity contribution in [3.63, 3.8) is 0 Å². The first-order chi connectivity index (χ1) is 14.7. The monoisotopic (exact) mass is 402 g/mol. The van der Waals surface area contributed by atoms with E-state index in [1.54, 1.807) is 6.20 Å². The summed E-state index contributed by atoms with van der Waals surface area (Å²) >= 11 is 0. The molecule has 2 heterocycles. The summed E-state index contributed by atoms with van der Waals surface area (Å²) in [6.45, 7) is 6.97. The summed E-state index contributed by atoms with van der Waals surface area (Å²) in [6, 6.07) is 16.4. The Labute approximate surface area is 178 Å². The molecule has 4 rings (SSSR count). The minimum atomic E-state index is -0.0318. The Morgan fingerprint density at radius 3 is 2.43 bits per heavy atom. The highest BCUT2D eigenvalue weighted by molar-refractivity contribution is 5.94. The van der Waals surface area contributed by atoms with Crippen LogP contribution in [0.1, 0.15) is 46.8 Å². The maximum Gasteiger partial charge on any atom is 0.251 e. The number of hydrogen-bond donors (Lipinski definition) is 1.